The highest BCUT2D eigenvalue weighted by Crippen LogP contribution is 2.26. The molecule has 0 bridgehead atoms. The van der Waals surface area contributed by atoms with Crippen molar-refractivity contribution in [3.8, 4) is 0 Å². The van der Waals surface area contributed by atoms with Gasteiger partial charge < -0.3 is 32.3 Å². The van der Waals surface area contributed by atoms with Gasteiger partial charge >= 0.3 is 0 Å². The zero-order valence-electron chi connectivity index (χ0n) is 38.8. The number of carbonyl (C=O) groups excluding carboxylic acids is 3. The number of aryl methyl sites for hydroxylation is 2. The zero-order chi connectivity index (χ0) is 47.6. The van der Waals surface area contributed by atoms with Gasteiger partial charge in [-0.2, -0.15) is 0 Å². The molecular weight excluding hydrogens is 848 g/mol. The van der Waals surface area contributed by atoms with E-state index in [9.17, 15) is 31.9 Å². The van der Waals surface area contributed by atoms with Crippen LogP contribution in [0.2, 0.25) is 5.02 Å². The van der Waals surface area contributed by atoms with Gasteiger partial charge in [-0.15, -0.1) is 0 Å². The molecule has 0 aliphatic carbocycles. The summed E-state index contributed by atoms with van der Waals surface area (Å²) in [5.74, 6) is -5.41. The minimum absolute atomic E-state index is 0.00294. The van der Waals surface area contributed by atoms with Crippen molar-refractivity contribution < 1.29 is 31.9 Å². The fraction of sp³-hybridized carbons (Fsp3) is 0.562. The quantitative estimate of drug-likeness (QED) is 0.114. The van der Waals surface area contributed by atoms with Crippen LogP contribution in [-0.4, -0.2) is 120 Å². The summed E-state index contributed by atoms with van der Waals surface area (Å²) in [6.07, 6.45) is 3.04. The summed E-state index contributed by atoms with van der Waals surface area (Å²) >= 11 is 6.14. The highest BCUT2D eigenvalue weighted by Gasteiger charge is 2.35. The van der Waals surface area contributed by atoms with E-state index in [-0.39, 0.29) is 36.0 Å². The predicted octanol–water partition coefficient (Wildman–Crippen LogP) is 6.96. The van der Waals surface area contributed by atoms with Crippen LogP contribution in [0.25, 0.3) is 0 Å². The average molecular weight is 918 g/mol. The molecule has 7 N–H and O–H groups in total. The Morgan fingerprint density at radius 1 is 0.672 bits per heavy atom. The molecule has 0 saturated carbocycles. The first-order valence-electron chi connectivity index (χ1n) is 22.3. The number of hydrogen-bond donors (Lipinski definition) is 5. The Hall–Kier alpha value is -4.12. The second kappa shape index (κ2) is 23.4. The van der Waals surface area contributed by atoms with Gasteiger partial charge in [0, 0.05) is 92.7 Å². The van der Waals surface area contributed by atoms with Gasteiger partial charge in [-0.1, -0.05) is 29.8 Å². The summed E-state index contributed by atoms with van der Waals surface area (Å²) in [4.78, 5) is 43.8. The summed E-state index contributed by atoms with van der Waals surface area (Å²) in [5.41, 5.74) is 13.6. The third kappa shape index (κ3) is 14.2. The lowest BCUT2D eigenvalue weighted by molar-refractivity contribution is 0.0791. The molecule has 3 aromatic rings. The molecule has 3 aliphatic rings. The topological polar surface area (TPSA) is 149 Å². The van der Waals surface area contributed by atoms with Crippen LogP contribution in [0.15, 0.2) is 48.5 Å². The largest absolute Gasteiger partial charge is 0.348 e. The van der Waals surface area contributed by atoms with E-state index >= 15 is 0 Å². The molecule has 3 fully saturated rings. The van der Waals surface area contributed by atoms with Crippen LogP contribution in [0.5, 0.6) is 0 Å². The van der Waals surface area contributed by atoms with Gasteiger partial charge in [-0.25, -0.2) is 17.6 Å². The number of amides is 3. The molecular formula is C48H69ClF4N8O3. The summed E-state index contributed by atoms with van der Waals surface area (Å²) < 4.78 is 53.8. The van der Waals surface area contributed by atoms with Crippen LogP contribution < -0.4 is 27.4 Å². The maximum Gasteiger partial charge on any atom is 0.257 e. The molecule has 3 heterocycles. The Bertz CT molecular complexity index is 2040. The number of rotatable bonds is 9. The first-order valence-corrected chi connectivity index (χ1v) is 22.7. The monoisotopic (exact) mass is 917 g/mol. The predicted molar refractivity (Wildman–Crippen MR) is 247 cm³/mol. The van der Waals surface area contributed by atoms with Gasteiger partial charge in [0.2, 0.25) is 0 Å². The van der Waals surface area contributed by atoms with Crippen molar-refractivity contribution in [2.24, 2.45) is 11.5 Å². The standard InChI is InChI=1S/C16H24ClN3O.C16H21F3N2O.C16H24FN3O/c1-10(2)20-8-7-14(13(18)9-20)19-16(21)15-11(3)5-4-6-12(15)17;1-10(2)21-8-6-16(3,7-9-21)20-15(22)13-11(17)4-5-12(18)14(13)19;1-10(2)20-7-6-15(14(18)9-20)19-16(21)13-8-12(17)5-4-11(13)3/h4-6,10,13-14H,7-9,18H2,1-3H3,(H,19,21);4-5,10H,6-9H2,1-3H3,(H,20,22);4-5,8,10,14-15H,6-7,9,18H2,1-3H3,(H,19,21). The van der Waals surface area contributed by atoms with Crippen molar-refractivity contribution in [1.82, 2.24) is 30.7 Å². The van der Waals surface area contributed by atoms with E-state index < -0.39 is 40.3 Å². The fourth-order valence-electron chi connectivity index (χ4n) is 8.29. The molecule has 64 heavy (non-hydrogen) atoms. The van der Waals surface area contributed by atoms with Gasteiger partial charge in [-0.05, 0) is 129 Å². The number of likely N-dealkylation sites (tertiary alicyclic amines) is 3. The fourth-order valence-corrected chi connectivity index (χ4v) is 8.60. The average Bonchev–Trinajstić information content (AvgIpc) is 3.22. The van der Waals surface area contributed by atoms with Crippen LogP contribution in [-0.2, 0) is 0 Å². The van der Waals surface area contributed by atoms with Gasteiger partial charge in [0.05, 0.1) is 10.6 Å². The molecule has 6 rings (SSSR count). The van der Waals surface area contributed by atoms with Crippen LogP contribution in [0.4, 0.5) is 17.6 Å². The van der Waals surface area contributed by atoms with Crippen molar-refractivity contribution in [2.45, 2.75) is 136 Å². The van der Waals surface area contributed by atoms with E-state index in [1.165, 1.54) is 12.1 Å². The van der Waals surface area contributed by atoms with Crippen LogP contribution in [0.1, 0.15) is 116 Å². The summed E-state index contributed by atoms with van der Waals surface area (Å²) in [5, 5.41) is 9.16. The summed E-state index contributed by atoms with van der Waals surface area (Å²) in [6, 6.07) is 12.3. The van der Waals surface area contributed by atoms with Gasteiger partial charge in [-0.3, -0.25) is 24.2 Å². The normalized spacial score (nSPS) is 21.7. The SMILES string of the molecule is CC(C)N1CCC(C)(NC(=O)c2c(F)ccc(F)c2F)CC1.Cc1ccc(F)cc1C(=O)NC1CCN(C(C)C)CC1N.Cc1cccc(Cl)c1C(=O)NC1CCN(C(C)C)CC1N. The second-order valence-corrected chi connectivity index (χ2v) is 18.9. The van der Waals surface area contributed by atoms with E-state index in [0.29, 0.717) is 53.2 Å². The number of nitrogens with zero attached hydrogens (tertiary/aromatic N) is 3. The molecule has 0 radical (unpaired) electrons. The molecule has 4 unspecified atom stereocenters. The van der Waals surface area contributed by atoms with E-state index in [1.54, 1.807) is 19.1 Å². The third-order valence-electron chi connectivity index (χ3n) is 12.7. The molecule has 16 heteroatoms. The second-order valence-electron chi connectivity index (χ2n) is 18.5. The highest BCUT2D eigenvalue weighted by molar-refractivity contribution is 6.34. The lowest BCUT2D eigenvalue weighted by Gasteiger charge is -2.41. The van der Waals surface area contributed by atoms with Crippen molar-refractivity contribution >= 4 is 29.3 Å². The molecule has 0 aromatic heterocycles. The van der Waals surface area contributed by atoms with Crippen molar-refractivity contribution in [2.75, 3.05) is 39.3 Å². The minimum atomic E-state index is -1.44. The maximum atomic E-state index is 13.7. The minimum Gasteiger partial charge on any atom is -0.348 e. The molecule has 4 atom stereocenters. The molecule has 354 valence electrons. The van der Waals surface area contributed by atoms with Crippen molar-refractivity contribution in [3.63, 3.8) is 0 Å². The van der Waals surface area contributed by atoms with Crippen LogP contribution >= 0.6 is 11.6 Å². The first kappa shape index (κ1) is 52.5. The van der Waals surface area contributed by atoms with E-state index in [1.807, 2.05) is 26.0 Å². The van der Waals surface area contributed by atoms with Gasteiger partial charge in [0.1, 0.15) is 17.2 Å². The van der Waals surface area contributed by atoms with E-state index in [4.69, 9.17) is 23.1 Å². The molecule has 0 spiro atoms. The molecule has 11 nitrogen and oxygen atoms in total. The number of hydrogen-bond acceptors (Lipinski definition) is 8. The molecule has 3 aliphatic heterocycles. The zero-order valence-corrected chi connectivity index (χ0v) is 39.6. The molecule has 3 aromatic carbocycles. The van der Waals surface area contributed by atoms with E-state index in [2.05, 4.69) is 72.2 Å². The summed E-state index contributed by atoms with van der Waals surface area (Å²) in [6.45, 7) is 23.4. The van der Waals surface area contributed by atoms with Gasteiger partial charge in [0.15, 0.2) is 11.6 Å². The molecule has 3 amide bonds. The summed E-state index contributed by atoms with van der Waals surface area (Å²) in [7, 11) is 0. The number of benzene rings is 3. The number of carbonyl (C=O) groups is 3. The van der Waals surface area contributed by atoms with E-state index in [0.717, 1.165) is 69.3 Å². The Morgan fingerprint density at radius 2 is 1.19 bits per heavy atom. The highest BCUT2D eigenvalue weighted by atomic mass is 35.5. The molecule has 3 saturated heterocycles. The van der Waals surface area contributed by atoms with Crippen molar-refractivity contribution in [1.29, 1.82) is 0 Å². The first-order chi connectivity index (χ1) is 30.0. The Labute approximate surface area is 382 Å². The smallest absolute Gasteiger partial charge is 0.257 e. The Morgan fingerprint density at radius 3 is 1.69 bits per heavy atom. The van der Waals surface area contributed by atoms with Gasteiger partial charge in [0.25, 0.3) is 17.7 Å². The maximum absolute atomic E-state index is 13.7. The number of nitrogens with two attached hydrogens (primary N) is 2. The Kier molecular flexibility index (Phi) is 19.2. The Balaban J connectivity index is 0.000000210. The number of piperidine rings is 3. The van der Waals surface area contributed by atoms with Crippen molar-refractivity contribution in [3.05, 3.63) is 105 Å². The number of halogens is 5. The number of nitrogens with one attached hydrogen (secondary N) is 3. The lowest BCUT2D eigenvalue weighted by atomic mass is 9.88. The van der Waals surface area contributed by atoms with Crippen LogP contribution in [0, 0.1) is 37.1 Å². The third-order valence-corrected chi connectivity index (χ3v) is 13.0. The lowest BCUT2D eigenvalue weighted by Crippen LogP contribution is -2.59. The van der Waals surface area contributed by atoms with Crippen LogP contribution in [0.3, 0.4) is 0 Å².